The number of hydrogen-bond acceptors (Lipinski definition) is 2. The quantitative estimate of drug-likeness (QED) is 0.684. The van der Waals surface area contributed by atoms with Crippen LogP contribution in [-0.4, -0.2) is 16.5 Å². The van der Waals surface area contributed by atoms with Crippen LogP contribution in [0.15, 0.2) is 11.6 Å². The number of fused-ring (bicyclic) bond motifs is 1. The molecule has 0 saturated heterocycles. The molecule has 0 aromatic heterocycles. The molecule has 2 heteroatoms. The molecule has 1 N–H and O–H groups in total. The molecule has 0 radical (unpaired) electrons. The smallest absolute Gasteiger partial charge is 0.161 e. The minimum atomic E-state index is -0.596. The van der Waals surface area contributed by atoms with Gasteiger partial charge in [0.2, 0.25) is 0 Å². The molecule has 16 heavy (non-hydrogen) atoms. The summed E-state index contributed by atoms with van der Waals surface area (Å²) >= 11 is 0. The van der Waals surface area contributed by atoms with E-state index in [4.69, 9.17) is 0 Å². The largest absolute Gasteiger partial charge is 0.390 e. The molecule has 0 aliphatic heterocycles. The maximum Gasteiger partial charge on any atom is 0.161 e. The van der Waals surface area contributed by atoms with E-state index in [2.05, 4.69) is 0 Å². The molecule has 0 aromatic rings. The van der Waals surface area contributed by atoms with Gasteiger partial charge in [-0.15, -0.1) is 0 Å². The summed E-state index contributed by atoms with van der Waals surface area (Å²) in [6.07, 6.45) is 4.49. The van der Waals surface area contributed by atoms with E-state index in [-0.39, 0.29) is 17.1 Å². The lowest BCUT2D eigenvalue weighted by atomic mass is 9.74. The molecule has 0 spiro atoms. The van der Waals surface area contributed by atoms with Gasteiger partial charge in [-0.05, 0) is 51.0 Å². The van der Waals surface area contributed by atoms with Crippen LogP contribution in [0.3, 0.4) is 0 Å². The fraction of sp³-hybridized carbons (Fsp3) is 0.786. The molecule has 3 atom stereocenters. The second kappa shape index (κ2) is 3.43. The molecule has 2 nitrogen and oxygen atoms in total. The number of allylic oxidation sites excluding steroid dienone is 2. The molecule has 0 heterocycles. The average Bonchev–Trinajstić information content (AvgIpc) is 2.37. The number of hydrogen-bond donors (Lipinski definition) is 1. The standard InChI is InChI=1S/C14H22O2/c1-9-7-12(15)13(2,3)8-11-10(9)5-6-14(11,4)16/h7,10-11,16H,5-6,8H2,1-4H3/t10-,11-,14+/m0/s1. The highest BCUT2D eigenvalue weighted by atomic mass is 16.3. The highest BCUT2D eigenvalue weighted by Crippen LogP contribution is 2.50. The number of aliphatic hydroxyl groups is 1. The zero-order valence-electron chi connectivity index (χ0n) is 10.7. The molecule has 2 rings (SSSR count). The van der Waals surface area contributed by atoms with Gasteiger partial charge in [-0.3, -0.25) is 4.79 Å². The van der Waals surface area contributed by atoms with Crippen LogP contribution < -0.4 is 0 Å². The predicted octanol–water partition coefficient (Wildman–Crippen LogP) is 2.71. The molecule has 2 aliphatic rings. The van der Waals surface area contributed by atoms with Gasteiger partial charge in [-0.25, -0.2) is 0 Å². The van der Waals surface area contributed by atoms with Gasteiger partial charge in [0.05, 0.1) is 5.60 Å². The van der Waals surface area contributed by atoms with Crippen LogP contribution in [0, 0.1) is 17.3 Å². The highest BCUT2D eigenvalue weighted by molar-refractivity contribution is 5.95. The van der Waals surface area contributed by atoms with E-state index in [1.807, 2.05) is 33.8 Å². The van der Waals surface area contributed by atoms with Crippen molar-refractivity contribution < 1.29 is 9.90 Å². The van der Waals surface area contributed by atoms with Crippen molar-refractivity contribution in [3.8, 4) is 0 Å². The summed E-state index contributed by atoms with van der Waals surface area (Å²) in [6.45, 7) is 7.96. The second-order valence-corrected chi connectivity index (χ2v) is 6.45. The first-order valence-electron chi connectivity index (χ1n) is 6.19. The van der Waals surface area contributed by atoms with Gasteiger partial charge >= 0.3 is 0 Å². The van der Waals surface area contributed by atoms with Gasteiger partial charge in [-0.2, -0.15) is 0 Å². The minimum absolute atomic E-state index is 0.218. The molecule has 1 saturated carbocycles. The number of carbonyl (C=O) groups excluding carboxylic acids is 1. The Hall–Kier alpha value is -0.630. The lowest BCUT2D eigenvalue weighted by Gasteiger charge is -2.33. The fourth-order valence-corrected chi connectivity index (χ4v) is 3.33. The lowest BCUT2D eigenvalue weighted by molar-refractivity contribution is -0.123. The van der Waals surface area contributed by atoms with E-state index in [9.17, 15) is 9.90 Å². The Morgan fingerprint density at radius 2 is 2.00 bits per heavy atom. The van der Waals surface area contributed by atoms with Crippen LogP contribution in [0.5, 0.6) is 0 Å². The summed E-state index contributed by atoms with van der Waals surface area (Å²) < 4.78 is 0. The number of ketones is 1. The monoisotopic (exact) mass is 222 g/mol. The van der Waals surface area contributed by atoms with Crippen LogP contribution in [0.4, 0.5) is 0 Å². The Morgan fingerprint density at radius 1 is 1.38 bits per heavy atom. The fourth-order valence-electron chi connectivity index (χ4n) is 3.33. The van der Waals surface area contributed by atoms with E-state index in [1.165, 1.54) is 5.57 Å². The van der Waals surface area contributed by atoms with Gasteiger partial charge in [0.15, 0.2) is 5.78 Å². The molecule has 2 aliphatic carbocycles. The zero-order valence-corrected chi connectivity index (χ0v) is 10.7. The Morgan fingerprint density at radius 3 is 2.62 bits per heavy atom. The topological polar surface area (TPSA) is 37.3 Å². The molecule has 0 bridgehead atoms. The van der Waals surface area contributed by atoms with Gasteiger partial charge in [0, 0.05) is 5.41 Å². The summed E-state index contributed by atoms with van der Waals surface area (Å²) in [6, 6.07) is 0. The van der Waals surface area contributed by atoms with Crippen molar-refractivity contribution in [1.29, 1.82) is 0 Å². The van der Waals surface area contributed by atoms with Crippen molar-refractivity contribution in [1.82, 2.24) is 0 Å². The number of rotatable bonds is 0. The second-order valence-electron chi connectivity index (χ2n) is 6.45. The predicted molar refractivity (Wildman–Crippen MR) is 64.0 cm³/mol. The van der Waals surface area contributed by atoms with Crippen LogP contribution in [0.2, 0.25) is 0 Å². The van der Waals surface area contributed by atoms with Gasteiger partial charge < -0.3 is 5.11 Å². The Labute approximate surface area is 97.7 Å². The summed E-state index contributed by atoms with van der Waals surface area (Å²) in [4.78, 5) is 12.0. The van der Waals surface area contributed by atoms with Crippen LogP contribution in [0.25, 0.3) is 0 Å². The van der Waals surface area contributed by atoms with Crippen molar-refractivity contribution in [2.75, 3.05) is 0 Å². The van der Waals surface area contributed by atoms with Crippen LogP contribution in [-0.2, 0) is 4.79 Å². The molecule has 0 amide bonds. The Bertz CT molecular complexity index is 350. The van der Waals surface area contributed by atoms with Crippen molar-refractivity contribution in [2.24, 2.45) is 17.3 Å². The maximum atomic E-state index is 12.0. The average molecular weight is 222 g/mol. The van der Waals surface area contributed by atoms with Crippen molar-refractivity contribution in [3.05, 3.63) is 11.6 Å². The third kappa shape index (κ3) is 1.73. The molecular weight excluding hydrogens is 200 g/mol. The molecule has 90 valence electrons. The third-order valence-electron chi connectivity index (χ3n) is 4.59. The van der Waals surface area contributed by atoms with Crippen molar-refractivity contribution in [2.45, 2.75) is 52.6 Å². The van der Waals surface area contributed by atoms with E-state index < -0.39 is 5.60 Å². The summed E-state index contributed by atoms with van der Waals surface area (Å²) in [7, 11) is 0. The van der Waals surface area contributed by atoms with E-state index in [0.717, 1.165) is 19.3 Å². The molecular formula is C14H22O2. The first-order valence-corrected chi connectivity index (χ1v) is 6.19. The van der Waals surface area contributed by atoms with Gasteiger partial charge in [0.25, 0.3) is 0 Å². The normalized spacial score (nSPS) is 42.6. The lowest BCUT2D eigenvalue weighted by Crippen LogP contribution is -2.36. The molecule has 0 unspecified atom stereocenters. The zero-order chi connectivity index (χ0) is 12.1. The molecule has 0 aromatic carbocycles. The molecule has 1 fully saturated rings. The van der Waals surface area contributed by atoms with Gasteiger partial charge in [0.1, 0.15) is 0 Å². The summed E-state index contributed by atoms with van der Waals surface area (Å²) in [5, 5.41) is 10.4. The van der Waals surface area contributed by atoms with E-state index in [1.54, 1.807) is 0 Å². The van der Waals surface area contributed by atoms with Crippen molar-refractivity contribution in [3.63, 3.8) is 0 Å². The maximum absolute atomic E-state index is 12.0. The van der Waals surface area contributed by atoms with Crippen LogP contribution >= 0.6 is 0 Å². The Balaban J connectivity index is 2.41. The first kappa shape index (κ1) is 11.8. The van der Waals surface area contributed by atoms with Gasteiger partial charge in [-0.1, -0.05) is 19.4 Å². The summed E-state index contributed by atoms with van der Waals surface area (Å²) in [5.74, 6) is 0.862. The third-order valence-corrected chi connectivity index (χ3v) is 4.59. The van der Waals surface area contributed by atoms with Crippen LogP contribution in [0.1, 0.15) is 47.0 Å². The summed E-state index contributed by atoms with van der Waals surface area (Å²) in [5.41, 5.74) is 0.245. The Kier molecular flexibility index (Phi) is 2.54. The minimum Gasteiger partial charge on any atom is -0.390 e. The first-order chi connectivity index (χ1) is 7.24. The highest BCUT2D eigenvalue weighted by Gasteiger charge is 2.49. The van der Waals surface area contributed by atoms with Crippen molar-refractivity contribution >= 4 is 5.78 Å². The SMILES string of the molecule is CC1=CC(=O)C(C)(C)C[C@H]2[C@H]1CC[C@@]2(C)O. The van der Waals surface area contributed by atoms with E-state index >= 15 is 0 Å². The number of carbonyl (C=O) groups is 1. The van der Waals surface area contributed by atoms with E-state index in [0.29, 0.717) is 5.92 Å².